The third-order valence-electron chi connectivity index (χ3n) is 10.9. The van der Waals surface area contributed by atoms with Crippen LogP contribution in [0.15, 0.2) is 168 Å². The number of hydrogen-bond donors (Lipinski definition) is 0. The maximum atomic E-state index is 6.19. The molecule has 3 heterocycles. The monoisotopic (exact) mass is 705 g/mol. The molecule has 0 atom stereocenters. The third-order valence-corrected chi connectivity index (χ3v) is 12.1. The first-order valence-electron chi connectivity index (χ1n) is 18.1. The Morgan fingerprint density at radius 1 is 0.370 bits per heavy atom. The zero-order chi connectivity index (χ0) is 35.3. The molecule has 0 aliphatic rings. The van der Waals surface area contributed by atoms with Gasteiger partial charge in [-0.15, -0.1) is 11.3 Å². The van der Waals surface area contributed by atoms with E-state index < -0.39 is 0 Å². The maximum Gasteiger partial charge on any atom is 0.165 e. The molecule has 5 heteroatoms. The topological polar surface area (TPSA) is 51.8 Å². The van der Waals surface area contributed by atoms with Crippen LogP contribution in [0.25, 0.3) is 119 Å². The quantitative estimate of drug-likeness (QED) is 0.172. The smallest absolute Gasteiger partial charge is 0.165 e. The lowest BCUT2D eigenvalue weighted by molar-refractivity contribution is 0.669. The first-order valence-corrected chi connectivity index (χ1v) is 18.9. The predicted molar refractivity (Wildman–Crippen MR) is 226 cm³/mol. The summed E-state index contributed by atoms with van der Waals surface area (Å²) >= 11 is 1.86. The molecule has 4 nitrogen and oxygen atoms in total. The Balaban J connectivity index is 1.20. The number of fused-ring (bicyclic) bond motifs is 14. The van der Waals surface area contributed by atoms with Gasteiger partial charge in [-0.1, -0.05) is 133 Å². The van der Waals surface area contributed by atoms with Gasteiger partial charge in [0, 0.05) is 53.0 Å². The zero-order valence-electron chi connectivity index (χ0n) is 28.7. The number of furan rings is 1. The number of benzene rings is 9. The predicted octanol–water partition coefficient (Wildman–Crippen LogP) is 13.8. The highest BCUT2D eigenvalue weighted by molar-refractivity contribution is 7.27. The van der Waals surface area contributed by atoms with Crippen LogP contribution in [-0.2, 0) is 0 Å². The summed E-state index contributed by atoms with van der Waals surface area (Å²) in [6.07, 6.45) is 0. The molecule has 0 radical (unpaired) electrons. The number of aromatic nitrogens is 3. The van der Waals surface area contributed by atoms with Crippen LogP contribution >= 0.6 is 11.3 Å². The summed E-state index contributed by atoms with van der Waals surface area (Å²) in [4.78, 5) is 15.8. The van der Waals surface area contributed by atoms with Crippen LogP contribution in [0.2, 0.25) is 0 Å². The summed E-state index contributed by atoms with van der Waals surface area (Å²) in [7, 11) is 0. The molecule has 0 bridgehead atoms. The molecule has 9 aromatic carbocycles. The van der Waals surface area contributed by atoms with Crippen molar-refractivity contribution in [2.45, 2.75) is 0 Å². The van der Waals surface area contributed by atoms with E-state index in [1.807, 2.05) is 53.8 Å². The van der Waals surface area contributed by atoms with Crippen molar-refractivity contribution in [3.8, 4) is 34.2 Å². The highest BCUT2D eigenvalue weighted by Crippen LogP contribution is 2.48. The van der Waals surface area contributed by atoms with E-state index in [1.165, 1.54) is 52.5 Å². The molecule has 0 spiro atoms. The summed E-state index contributed by atoms with van der Waals surface area (Å²) in [6.45, 7) is 0. The molecule has 0 amide bonds. The molecule has 12 aromatic rings. The number of rotatable bonds is 3. The van der Waals surface area contributed by atoms with Crippen molar-refractivity contribution in [1.82, 2.24) is 15.0 Å². The van der Waals surface area contributed by atoms with Gasteiger partial charge in [-0.05, 0) is 68.0 Å². The Kier molecular flexibility index (Phi) is 6.18. The van der Waals surface area contributed by atoms with E-state index in [9.17, 15) is 0 Å². The van der Waals surface area contributed by atoms with Gasteiger partial charge >= 0.3 is 0 Å². The fourth-order valence-electron chi connectivity index (χ4n) is 8.48. The van der Waals surface area contributed by atoms with Crippen LogP contribution in [0.5, 0.6) is 0 Å². The lowest BCUT2D eigenvalue weighted by Crippen LogP contribution is -2.01. The van der Waals surface area contributed by atoms with E-state index in [4.69, 9.17) is 19.4 Å². The Morgan fingerprint density at radius 2 is 0.944 bits per heavy atom. The molecule has 0 N–H and O–H groups in total. The van der Waals surface area contributed by atoms with Gasteiger partial charge in [0.2, 0.25) is 0 Å². The molecule has 0 saturated heterocycles. The second-order valence-corrected chi connectivity index (χ2v) is 14.9. The summed E-state index contributed by atoms with van der Waals surface area (Å²) in [5.41, 5.74) is 4.57. The summed E-state index contributed by atoms with van der Waals surface area (Å²) < 4.78 is 8.67. The SMILES string of the molecule is c1ccc(-c2nc(-c3ccc4oc5ccccc5c4c3)nc(-c3c4ccccc4cc4sc5c(ccc6c7ccccc7c7ccccc7c65)c34)n2)cc1. The molecule has 0 fully saturated rings. The number of para-hydroxylation sites is 1. The molecular formula is C49H27N3OS. The van der Waals surface area contributed by atoms with Crippen molar-refractivity contribution >= 4 is 96.5 Å². The van der Waals surface area contributed by atoms with E-state index in [-0.39, 0.29) is 0 Å². The zero-order valence-corrected chi connectivity index (χ0v) is 29.6. The van der Waals surface area contributed by atoms with Crippen molar-refractivity contribution in [3.63, 3.8) is 0 Å². The Bertz CT molecular complexity index is 3470. The minimum absolute atomic E-state index is 0.620. The fourth-order valence-corrected chi connectivity index (χ4v) is 9.80. The fraction of sp³-hybridized carbons (Fsp3) is 0. The lowest BCUT2D eigenvalue weighted by Gasteiger charge is -2.13. The largest absolute Gasteiger partial charge is 0.456 e. The highest BCUT2D eigenvalue weighted by Gasteiger charge is 2.22. The number of hydrogen-bond acceptors (Lipinski definition) is 5. The number of nitrogens with zero attached hydrogens (tertiary/aromatic N) is 3. The van der Waals surface area contributed by atoms with Crippen molar-refractivity contribution < 1.29 is 4.42 Å². The molecule has 250 valence electrons. The van der Waals surface area contributed by atoms with Crippen molar-refractivity contribution in [2.24, 2.45) is 0 Å². The number of thiophene rings is 1. The minimum Gasteiger partial charge on any atom is -0.456 e. The first-order chi connectivity index (χ1) is 26.8. The first kappa shape index (κ1) is 29.6. The van der Waals surface area contributed by atoms with Crippen LogP contribution in [0, 0.1) is 0 Å². The van der Waals surface area contributed by atoms with Gasteiger partial charge in [-0.2, -0.15) is 0 Å². The lowest BCUT2D eigenvalue weighted by atomic mass is 9.92. The Hall–Kier alpha value is -6.95. The molecule has 54 heavy (non-hydrogen) atoms. The normalized spacial score (nSPS) is 12.1. The van der Waals surface area contributed by atoms with Crippen molar-refractivity contribution in [3.05, 3.63) is 164 Å². The third kappa shape index (κ3) is 4.27. The van der Waals surface area contributed by atoms with Gasteiger partial charge in [0.25, 0.3) is 0 Å². The van der Waals surface area contributed by atoms with Crippen LogP contribution in [-0.4, -0.2) is 15.0 Å². The molecule has 3 aromatic heterocycles. The van der Waals surface area contributed by atoms with Gasteiger partial charge in [0.05, 0.1) is 0 Å². The summed E-state index contributed by atoms with van der Waals surface area (Å²) in [5, 5.41) is 14.4. The van der Waals surface area contributed by atoms with E-state index in [0.717, 1.165) is 49.4 Å². The second-order valence-electron chi connectivity index (χ2n) is 13.9. The molecular weight excluding hydrogens is 679 g/mol. The van der Waals surface area contributed by atoms with Crippen LogP contribution in [0.3, 0.4) is 0 Å². The van der Waals surface area contributed by atoms with Gasteiger partial charge in [-0.3, -0.25) is 0 Å². The van der Waals surface area contributed by atoms with Crippen LogP contribution in [0.4, 0.5) is 0 Å². The molecule has 0 unspecified atom stereocenters. The Morgan fingerprint density at radius 3 is 1.74 bits per heavy atom. The van der Waals surface area contributed by atoms with E-state index in [2.05, 4.69) is 121 Å². The van der Waals surface area contributed by atoms with Crippen molar-refractivity contribution in [2.75, 3.05) is 0 Å². The van der Waals surface area contributed by atoms with Crippen molar-refractivity contribution in [1.29, 1.82) is 0 Å². The highest BCUT2D eigenvalue weighted by atomic mass is 32.1. The van der Waals surface area contributed by atoms with Gasteiger partial charge < -0.3 is 4.42 Å². The molecule has 12 rings (SSSR count). The second kappa shape index (κ2) is 11.3. The van der Waals surface area contributed by atoms with Gasteiger partial charge in [0.15, 0.2) is 17.5 Å². The van der Waals surface area contributed by atoms with E-state index in [1.54, 1.807) is 0 Å². The van der Waals surface area contributed by atoms with Gasteiger partial charge in [-0.25, -0.2) is 15.0 Å². The molecule has 0 saturated carbocycles. The standard InChI is InChI=1S/C49H27N3OS/c1-2-12-28(13-3-1)47-50-48(30-22-25-41-39(26-30)35-19-10-11-21-40(35)53-41)52-49(51-47)45-31-15-5-4-14-29(31)27-42-44(45)38-24-23-37-34-18-7-6-16-32(34)33-17-8-9-20-36(33)43(37)46(38)54-42/h1-27H. The molecule has 0 aliphatic heterocycles. The average Bonchev–Trinajstić information content (AvgIpc) is 3.80. The Labute approximate surface area is 312 Å². The van der Waals surface area contributed by atoms with Gasteiger partial charge in [0.1, 0.15) is 11.2 Å². The summed E-state index contributed by atoms with van der Waals surface area (Å²) in [6, 6.07) is 57.8. The average molecular weight is 706 g/mol. The molecule has 0 aliphatic carbocycles. The van der Waals surface area contributed by atoms with E-state index >= 15 is 0 Å². The summed E-state index contributed by atoms with van der Waals surface area (Å²) in [5.74, 6) is 1.91. The van der Waals surface area contributed by atoms with Crippen LogP contribution in [0.1, 0.15) is 0 Å². The minimum atomic E-state index is 0.620. The van der Waals surface area contributed by atoms with Crippen LogP contribution < -0.4 is 0 Å². The van der Waals surface area contributed by atoms with E-state index in [0.29, 0.717) is 17.5 Å². The maximum absolute atomic E-state index is 6.19.